The highest BCUT2D eigenvalue weighted by atomic mass is 32.2. The van der Waals surface area contributed by atoms with E-state index in [0.29, 0.717) is 11.5 Å². The van der Waals surface area contributed by atoms with Gasteiger partial charge in [-0.3, -0.25) is 4.18 Å². The van der Waals surface area contributed by atoms with Crippen LogP contribution < -0.4 is 0 Å². The number of hydrogen-bond acceptors (Lipinski definition) is 7. The van der Waals surface area contributed by atoms with Crippen molar-refractivity contribution in [3.8, 4) is 0 Å². The summed E-state index contributed by atoms with van der Waals surface area (Å²) in [6.07, 6.45) is 1.52. The van der Waals surface area contributed by atoms with Crippen LogP contribution in [0.4, 0.5) is 0 Å². The fourth-order valence-electron chi connectivity index (χ4n) is 2.68. The van der Waals surface area contributed by atoms with E-state index in [1.807, 2.05) is 30.3 Å². The van der Waals surface area contributed by atoms with Crippen LogP contribution in [0.15, 0.2) is 64.5 Å². The molecule has 2 atom stereocenters. The number of nitrogens with zero attached hydrogens (tertiary/aromatic N) is 1. The van der Waals surface area contributed by atoms with Crippen molar-refractivity contribution in [3.05, 3.63) is 65.7 Å². The van der Waals surface area contributed by atoms with E-state index in [0.717, 1.165) is 18.1 Å². The number of sulfone groups is 1. The zero-order valence-corrected chi connectivity index (χ0v) is 16.4. The summed E-state index contributed by atoms with van der Waals surface area (Å²) in [6, 6.07) is 14.9. The summed E-state index contributed by atoms with van der Waals surface area (Å²) in [4.78, 5) is 4.67. The summed E-state index contributed by atoms with van der Waals surface area (Å²) in [7, 11) is -6.94. The van der Waals surface area contributed by atoms with Gasteiger partial charge in [0.05, 0.1) is 17.8 Å². The van der Waals surface area contributed by atoms with E-state index in [-0.39, 0.29) is 11.5 Å². The van der Waals surface area contributed by atoms with Gasteiger partial charge in [0.15, 0.2) is 15.9 Å². The first-order valence-corrected chi connectivity index (χ1v) is 11.8. The molecule has 144 valence electrons. The van der Waals surface area contributed by atoms with Crippen LogP contribution in [0.5, 0.6) is 0 Å². The van der Waals surface area contributed by atoms with E-state index in [2.05, 4.69) is 4.99 Å². The molecule has 0 fully saturated rings. The van der Waals surface area contributed by atoms with Crippen LogP contribution in [0.1, 0.15) is 17.2 Å². The maximum atomic E-state index is 11.6. The van der Waals surface area contributed by atoms with Gasteiger partial charge in [-0.25, -0.2) is 13.4 Å². The Morgan fingerprint density at radius 3 is 2.15 bits per heavy atom. The molecule has 0 amide bonds. The zero-order chi connectivity index (χ0) is 19.7. The van der Waals surface area contributed by atoms with Crippen molar-refractivity contribution in [3.63, 3.8) is 0 Å². The number of benzene rings is 2. The molecule has 0 saturated heterocycles. The van der Waals surface area contributed by atoms with E-state index >= 15 is 0 Å². The fraction of sp³-hybridized carbons (Fsp3) is 0.278. The lowest BCUT2D eigenvalue weighted by Gasteiger charge is -2.18. The Bertz CT molecular complexity index is 1040. The highest BCUT2D eigenvalue weighted by molar-refractivity contribution is 7.90. The summed E-state index contributed by atoms with van der Waals surface area (Å²) in [5, 5.41) is 0. The third-order valence-electron chi connectivity index (χ3n) is 3.98. The Hall–Kier alpha value is -2.23. The van der Waals surface area contributed by atoms with Crippen molar-refractivity contribution in [2.24, 2.45) is 4.99 Å². The third kappa shape index (κ3) is 4.94. The molecular formula is C18H19NO6S2. The second-order valence-corrected chi connectivity index (χ2v) is 9.90. The Morgan fingerprint density at radius 1 is 0.963 bits per heavy atom. The van der Waals surface area contributed by atoms with E-state index in [1.165, 1.54) is 12.1 Å². The van der Waals surface area contributed by atoms with Crippen molar-refractivity contribution in [2.45, 2.75) is 17.0 Å². The van der Waals surface area contributed by atoms with Gasteiger partial charge in [-0.15, -0.1) is 0 Å². The number of hydrogen-bond donors (Lipinski definition) is 0. The SMILES string of the molecule is CS(=O)(=O)OC[C@H]1N=C(c2ccccc2)O[C@@H]1c1ccc(S(C)(=O)=O)cc1. The molecule has 2 aromatic rings. The topological polar surface area (TPSA) is 99.1 Å². The van der Waals surface area contributed by atoms with Crippen LogP contribution in [0.2, 0.25) is 0 Å². The number of aliphatic imine (C=N–C) groups is 1. The molecule has 7 nitrogen and oxygen atoms in total. The molecule has 27 heavy (non-hydrogen) atoms. The maximum absolute atomic E-state index is 11.6. The molecule has 2 aromatic carbocycles. The van der Waals surface area contributed by atoms with Gasteiger partial charge in [-0.1, -0.05) is 30.3 Å². The number of rotatable bonds is 6. The van der Waals surface area contributed by atoms with Crippen LogP contribution in [0.25, 0.3) is 0 Å². The fourth-order valence-corrected chi connectivity index (χ4v) is 3.70. The minimum absolute atomic E-state index is 0.173. The van der Waals surface area contributed by atoms with Gasteiger partial charge in [0.25, 0.3) is 10.1 Å². The molecule has 1 aliphatic heterocycles. The quantitative estimate of drug-likeness (QED) is 0.676. The van der Waals surface area contributed by atoms with Gasteiger partial charge in [-0.2, -0.15) is 8.42 Å². The molecule has 0 aliphatic carbocycles. The van der Waals surface area contributed by atoms with Crippen LogP contribution >= 0.6 is 0 Å². The normalized spacial score (nSPS) is 20.1. The summed E-state index contributed by atoms with van der Waals surface area (Å²) in [6.45, 7) is -0.173. The van der Waals surface area contributed by atoms with Crippen molar-refractivity contribution in [1.29, 1.82) is 0 Å². The first kappa shape index (κ1) is 19.5. The van der Waals surface area contributed by atoms with Crippen molar-refractivity contribution < 1.29 is 25.8 Å². The van der Waals surface area contributed by atoms with Gasteiger partial charge in [-0.05, 0) is 29.8 Å². The van der Waals surface area contributed by atoms with Gasteiger partial charge in [0.2, 0.25) is 5.90 Å². The Labute approximate surface area is 158 Å². The third-order valence-corrected chi connectivity index (χ3v) is 5.67. The summed E-state index contributed by atoms with van der Waals surface area (Å²) in [5.74, 6) is 0.384. The average Bonchev–Trinajstić information content (AvgIpc) is 3.04. The van der Waals surface area contributed by atoms with Gasteiger partial charge in [0.1, 0.15) is 6.04 Å². The van der Waals surface area contributed by atoms with Crippen LogP contribution in [0.3, 0.4) is 0 Å². The van der Waals surface area contributed by atoms with E-state index in [9.17, 15) is 16.8 Å². The molecule has 0 bridgehead atoms. The van der Waals surface area contributed by atoms with Gasteiger partial charge < -0.3 is 4.74 Å². The average molecular weight is 409 g/mol. The van der Waals surface area contributed by atoms with Crippen molar-refractivity contribution >= 4 is 25.9 Å². The molecule has 3 rings (SSSR count). The second-order valence-electron chi connectivity index (χ2n) is 6.24. The molecule has 0 aromatic heterocycles. The minimum atomic E-state index is -3.63. The molecule has 0 spiro atoms. The molecule has 1 aliphatic rings. The second kappa shape index (κ2) is 7.41. The lowest BCUT2D eigenvalue weighted by molar-refractivity contribution is 0.163. The number of ether oxygens (including phenoxy) is 1. The van der Waals surface area contributed by atoms with Crippen LogP contribution in [0, 0.1) is 0 Å². The smallest absolute Gasteiger partial charge is 0.264 e. The molecule has 0 saturated carbocycles. The van der Waals surface area contributed by atoms with E-state index < -0.39 is 32.1 Å². The lowest BCUT2D eigenvalue weighted by Crippen LogP contribution is -2.22. The monoisotopic (exact) mass is 409 g/mol. The van der Waals surface area contributed by atoms with Crippen molar-refractivity contribution in [2.75, 3.05) is 19.1 Å². The molecule has 9 heteroatoms. The lowest BCUT2D eigenvalue weighted by atomic mass is 10.0. The Morgan fingerprint density at radius 2 is 1.59 bits per heavy atom. The van der Waals surface area contributed by atoms with E-state index in [1.54, 1.807) is 12.1 Å². The maximum Gasteiger partial charge on any atom is 0.264 e. The largest absolute Gasteiger partial charge is 0.467 e. The molecule has 0 unspecified atom stereocenters. The highest BCUT2D eigenvalue weighted by Gasteiger charge is 2.34. The first-order chi connectivity index (χ1) is 12.6. The van der Waals surface area contributed by atoms with Gasteiger partial charge >= 0.3 is 0 Å². The molecule has 1 heterocycles. The molecular weight excluding hydrogens is 390 g/mol. The summed E-state index contributed by atoms with van der Waals surface area (Å²) in [5.41, 5.74) is 1.44. The predicted octanol–water partition coefficient (Wildman–Crippen LogP) is 1.95. The molecule has 0 radical (unpaired) electrons. The van der Waals surface area contributed by atoms with E-state index in [4.69, 9.17) is 8.92 Å². The standard InChI is InChI=1S/C18H19NO6S2/c1-26(20,21)15-10-8-13(9-11-15)17-16(12-24-27(2,22)23)19-18(25-17)14-6-4-3-5-7-14/h3-11,16-17H,12H2,1-2H3/t16-,17-/m1/s1. The first-order valence-electron chi connectivity index (χ1n) is 8.08. The highest BCUT2D eigenvalue weighted by Crippen LogP contribution is 2.32. The van der Waals surface area contributed by atoms with Crippen molar-refractivity contribution in [1.82, 2.24) is 0 Å². The summed E-state index contributed by atoms with van der Waals surface area (Å²) >= 11 is 0. The van der Waals surface area contributed by atoms with Crippen LogP contribution in [-0.4, -0.2) is 47.9 Å². The molecule has 0 N–H and O–H groups in total. The zero-order valence-electron chi connectivity index (χ0n) is 14.8. The predicted molar refractivity (Wildman–Crippen MR) is 101 cm³/mol. The summed E-state index contributed by atoms with van der Waals surface area (Å²) < 4.78 is 56.9. The van der Waals surface area contributed by atoms with Crippen LogP contribution in [-0.2, 0) is 28.9 Å². The van der Waals surface area contributed by atoms with Gasteiger partial charge in [0, 0.05) is 11.8 Å². The Balaban J connectivity index is 1.90. The Kier molecular flexibility index (Phi) is 5.36. The minimum Gasteiger partial charge on any atom is -0.467 e.